The third-order valence-corrected chi connectivity index (χ3v) is 3.30. The summed E-state index contributed by atoms with van der Waals surface area (Å²) in [4.78, 5) is 16.3. The van der Waals surface area contributed by atoms with Gasteiger partial charge in [-0.25, -0.2) is 4.98 Å². The third kappa shape index (κ3) is 4.88. The van der Waals surface area contributed by atoms with Crippen molar-refractivity contribution in [1.82, 2.24) is 14.9 Å². The Bertz CT molecular complexity index is 597. The first-order valence-electron chi connectivity index (χ1n) is 6.94. The summed E-state index contributed by atoms with van der Waals surface area (Å²) in [5.41, 5.74) is 1.60. The molecule has 2 N–H and O–H groups in total. The predicted molar refractivity (Wildman–Crippen MR) is 84.6 cm³/mol. The van der Waals surface area contributed by atoms with Gasteiger partial charge in [0.2, 0.25) is 5.91 Å². The highest BCUT2D eigenvalue weighted by atomic mass is 35.5. The Morgan fingerprint density at radius 1 is 1.38 bits per heavy atom. The van der Waals surface area contributed by atoms with E-state index in [1.54, 1.807) is 23.0 Å². The number of likely N-dealkylation sites (N-methyl/N-ethyl adjacent to an activating group) is 1. The van der Waals surface area contributed by atoms with Crippen molar-refractivity contribution in [2.24, 2.45) is 0 Å². The number of nitrogens with one attached hydrogen (secondary N) is 2. The van der Waals surface area contributed by atoms with E-state index in [-0.39, 0.29) is 12.5 Å². The molecule has 1 aromatic carbocycles. The van der Waals surface area contributed by atoms with E-state index in [1.165, 1.54) is 0 Å². The van der Waals surface area contributed by atoms with Crippen LogP contribution in [0.5, 0.6) is 0 Å². The molecule has 6 heteroatoms. The van der Waals surface area contributed by atoms with Crippen molar-refractivity contribution in [2.45, 2.75) is 19.9 Å². The monoisotopic (exact) mass is 306 g/mol. The van der Waals surface area contributed by atoms with E-state index in [2.05, 4.69) is 22.5 Å². The Hall–Kier alpha value is -1.85. The highest BCUT2D eigenvalue weighted by Crippen LogP contribution is 2.20. The fourth-order valence-corrected chi connectivity index (χ4v) is 2.12. The topological polar surface area (TPSA) is 59.0 Å². The molecule has 5 nitrogen and oxygen atoms in total. The Labute approximate surface area is 129 Å². The van der Waals surface area contributed by atoms with Gasteiger partial charge in [0.1, 0.15) is 6.54 Å². The number of benzene rings is 1. The lowest BCUT2D eigenvalue weighted by molar-refractivity contribution is -0.116. The van der Waals surface area contributed by atoms with Gasteiger partial charge in [0, 0.05) is 19.2 Å². The molecule has 1 heterocycles. The number of rotatable bonds is 7. The molecule has 2 rings (SSSR count). The highest BCUT2D eigenvalue weighted by molar-refractivity contribution is 6.33. The summed E-state index contributed by atoms with van der Waals surface area (Å²) in [6, 6.07) is 7.17. The molecule has 0 aliphatic rings. The molecule has 0 saturated heterocycles. The first-order chi connectivity index (χ1) is 10.2. The van der Waals surface area contributed by atoms with E-state index in [1.807, 2.05) is 18.3 Å². The lowest BCUT2D eigenvalue weighted by Gasteiger charge is -2.07. The van der Waals surface area contributed by atoms with Crippen LogP contribution in [-0.4, -0.2) is 28.5 Å². The highest BCUT2D eigenvalue weighted by Gasteiger charge is 2.07. The van der Waals surface area contributed by atoms with Crippen LogP contribution >= 0.6 is 11.6 Å². The smallest absolute Gasteiger partial charge is 0.244 e. The zero-order valence-electron chi connectivity index (χ0n) is 12.0. The molecule has 0 unspecified atom stereocenters. The van der Waals surface area contributed by atoms with Crippen molar-refractivity contribution in [3.05, 3.63) is 47.5 Å². The Morgan fingerprint density at radius 3 is 2.95 bits per heavy atom. The van der Waals surface area contributed by atoms with Crippen LogP contribution in [0.25, 0.3) is 0 Å². The molecule has 1 aromatic heterocycles. The number of hydrogen-bond donors (Lipinski definition) is 2. The summed E-state index contributed by atoms with van der Waals surface area (Å²) in [6.45, 7) is 4.12. The summed E-state index contributed by atoms with van der Waals surface area (Å²) in [5, 5.41) is 6.56. The number of carbonyl (C=O) groups is 1. The van der Waals surface area contributed by atoms with Gasteiger partial charge in [-0.2, -0.15) is 0 Å². The Kier molecular flexibility index (Phi) is 5.78. The van der Waals surface area contributed by atoms with E-state index >= 15 is 0 Å². The van der Waals surface area contributed by atoms with Crippen LogP contribution in [0, 0.1) is 0 Å². The maximum absolute atomic E-state index is 12.0. The summed E-state index contributed by atoms with van der Waals surface area (Å²) >= 11 is 6.01. The van der Waals surface area contributed by atoms with Gasteiger partial charge in [-0.05, 0) is 18.7 Å². The molecule has 0 fully saturated rings. The molecule has 21 heavy (non-hydrogen) atoms. The van der Waals surface area contributed by atoms with E-state index in [0.717, 1.165) is 25.2 Å². The van der Waals surface area contributed by atoms with Gasteiger partial charge in [0.15, 0.2) is 0 Å². The number of carbonyl (C=O) groups excluding carboxylic acids is 1. The minimum atomic E-state index is -0.126. The van der Waals surface area contributed by atoms with E-state index < -0.39 is 0 Å². The van der Waals surface area contributed by atoms with Crippen LogP contribution in [0.15, 0.2) is 36.8 Å². The molecular weight excluding hydrogens is 288 g/mol. The molecule has 112 valence electrons. The third-order valence-electron chi connectivity index (χ3n) is 2.97. The van der Waals surface area contributed by atoms with Crippen LogP contribution in [0.1, 0.15) is 12.6 Å². The van der Waals surface area contributed by atoms with Gasteiger partial charge >= 0.3 is 0 Å². The Balaban J connectivity index is 1.87. The zero-order valence-corrected chi connectivity index (χ0v) is 12.7. The van der Waals surface area contributed by atoms with Gasteiger partial charge in [0.05, 0.1) is 22.7 Å². The Morgan fingerprint density at radius 2 is 2.19 bits per heavy atom. The summed E-state index contributed by atoms with van der Waals surface area (Å²) in [7, 11) is 0. The van der Waals surface area contributed by atoms with Crippen molar-refractivity contribution in [2.75, 3.05) is 18.4 Å². The normalized spacial score (nSPS) is 10.6. The number of para-hydroxylation sites is 1. The zero-order chi connectivity index (χ0) is 15.1. The first-order valence-corrected chi connectivity index (χ1v) is 7.32. The fourth-order valence-electron chi connectivity index (χ4n) is 1.93. The van der Waals surface area contributed by atoms with Gasteiger partial charge in [-0.15, -0.1) is 0 Å². The molecule has 0 spiro atoms. The van der Waals surface area contributed by atoms with Gasteiger partial charge in [0.25, 0.3) is 0 Å². The quantitative estimate of drug-likeness (QED) is 0.772. The predicted octanol–water partition coefficient (Wildman–Crippen LogP) is 2.33. The second-order valence-electron chi connectivity index (χ2n) is 4.67. The number of halogens is 1. The molecule has 0 atom stereocenters. The molecule has 0 bridgehead atoms. The number of nitrogens with zero attached hydrogens (tertiary/aromatic N) is 2. The second kappa shape index (κ2) is 7.81. The van der Waals surface area contributed by atoms with E-state index in [9.17, 15) is 4.79 Å². The number of amides is 1. The number of imidazole rings is 1. The largest absolute Gasteiger partial charge is 0.328 e. The maximum Gasteiger partial charge on any atom is 0.244 e. The molecule has 0 saturated carbocycles. The molecule has 2 aromatic rings. The van der Waals surface area contributed by atoms with E-state index in [0.29, 0.717) is 10.7 Å². The van der Waals surface area contributed by atoms with Crippen LogP contribution in [0.2, 0.25) is 5.02 Å². The average molecular weight is 307 g/mol. The standard InChI is InChI=1S/C15H19ClN4O/c1-2-17-8-7-12-9-20(11-18-12)10-15(21)19-14-6-4-3-5-13(14)16/h3-6,9,11,17H,2,7-8,10H2,1H3,(H,19,21). The SMILES string of the molecule is CCNCCc1cn(CC(=O)Nc2ccccc2Cl)cn1. The number of hydrogen-bond acceptors (Lipinski definition) is 3. The fraction of sp³-hybridized carbons (Fsp3) is 0.333. The number of anilines is 1. The summed E-state index contributed by atoms with van der Waals surface area (Å²) in [6.07, 6.45) is 4.42. The van der Waals surface area contributed by atoms with Crippen molar-refractivity contribution < 1.29 is 4.79 Å². The van der Waals surface area contributed by atoms with Gasteiger partial charge in [-0.1, -0.05) is 30.7 Å². The van der Waals surface area contributed by atoms with E-state index in [4.69, 9.17) is 11.6 Å². The molecular formula is C15H19ClN4O. The first kappa shape index (κ1) is 15.5. The van der Waals surface area contributed by atoms with Crippen molar-refractivity contribution in [1.29, 1.82) is 0 Å². The van der Waals surface area contributed by atoms with Crippen LogP contribution in [0.3, 0.4) is 0 Å². The lowest BCUT2D eigenvalue weighted by atomic mass is 10.3. The van der Waals surface area contributed by atoms with Crippen LogP contribution < -0.4 is 10.6 Å². The minimum Gasteiger partial charge on any atom is -0.328 e. The minimum absolute atomic E-state index is 0.126. The molecule has 0 radical (unpaired) electrons. The summed E-state index contributed by atoms with van der Waals surface area (Å²) < 4.78 is 1.77. The second-order valence-corrected chi connectivity index (χ2v) is 5.08. The lowest BCUT2D eigenvalue weighted by Crippen LogP contribution is -2.18. The van der Waals surface area contributed by atoms with Crippen molar-refractivity contribution in [3.63, 3.8) is 0 Å². The van der Waals surface area contributed by atoms with Crippen LogP contribution in [0.4, 0.5) is 5.69 Å². The van der Waals surface area contributed by atoms with Crippen molar-refractivity contribution in [3.8, 4) is 0 Å². The summed E-state index contributed by atoms with van der Waals surface area (Å²) in [5.74, 6) is -0.126. The van der Waals surface area contributed by atoms with Crippen LogP contribution in [-0.2, 0) is 17.8 Å². The molecule has 0 aliphatic heterocycles. The van der Waals surface area contributed by atoms with Crippen molar-refractivity contribution >= 4 is 23.2 Å². The number of aromatic nitrogens is 2. The average Bonchev–Trinajstić information content (AvgIpc) is 2.89. The molecule has 0 aliphatic carbocycles. The molecule has 1 amide bonds. The van der Waals surface area contributed by atoms with Gasteiger partial charge in [-0.3, -0.25) is 4.79 Å². The van der Waals surface area contributed by atoms with Gasteiger partial charge < -0.3 is 15.2 Å². The maximum atomic E-state index is 12.0.